The molecule has 0 radical (unpaired) electrons. The van der Waals surface area contributed by atoms with E-state index in [0.29, 0.717) is 23.4 Å². The molecule has 0 atom stereocenters. The number of amides is 1. The monoisotopic (exact) mass is 341 g/mol. The van der Waals surface area contributed by atoms with E-state index in [9.17, 15) is 9.59 Å². The van der Waals surface area contributed by atoms with Gasteiger partial charge >= 0.3 is 0 Å². The number of furan rings is 1. The highest BCUT2D eigenvalue weighted by atomic mass is 16.5. The molecule has 0 aliphatic carbocycles. The third-order valence-corrected chi connectivity index (χ3v) is 4.09. The van der Waals surface area contributed by atoms with Crippen LogP contribution in [0.15, 0.2) is 39.8 Å². The van der Waals surface area contributed by atoms with E-state index >= 15 is 0 Å². The molecule has 1 aromatic carbocycles. The van der Waals surface area contributed by atoms with Crippen molar-refractivity contribution in [1.82, 2.24) is 14.9 Å². The predicted molar refractivity (Wildman–Crippen MR) is 92.6 cm³/mol. The summed E-state index contributed by atoms with van der Waals surface area (Å²) in [5.41, 5.74) is 1.68. The van der Waals surface area contributed by atoms with Gasteiger partial charge in [0, 0.05) is 12.1 Å². The number of hydrogen-bond donors (Lipinski definition) is 1. The van der Waals surface area contributed by atoms with Crippen molar-refractivity contribution in [3.63, 3.8) is 0 Å². The maximum Gasteiger partial charge on any atom is 0.265 e. The van der Waals surface area contributed by atoms with Crippen LogP contribution in [0.2, 0.25) is 0 Å². The van der Waals surface area contributed by atoms with Crippen LogP contribution >= 0.6 is 0 Å². The summed E-state index contributed by atoms with van der Waals surface area (Å²) in [6, 6.07) is 7.42. The van der Waals surface area contributed by atoms with Crippen molar-refractivity contribution < 1.29 is 13.9 Å². The van der Waals surface area contributed by atoms with Gasteiger partial charge in [0.05, 0.1) is 7.11 Å². The lowest BCUT2D eigenvalue weighted by Crippen LogP contribution is -2.32. The predicted octanol–water partition coefficient (Wildman–Crippen LogP) is 1.93. The number of hydrogen-bond acceptors (Lipinski definition) is 5. The van der Waals surface area contributed by atoms with Gasteiger partial charge in [0.15, 0.2) is 0 Å². The van der Waals surface area contributed by atoms with Crippen molar-refractivity contribution in [2.45, 2.75) is 26.9 Å². The summed E-state index contributed by atoms with van der Waals surface area (Å²) in [6.07, 6.45) is 1.33. The minimum absolute atomic E-state index is 0.102. The van der Waals surface area contributed by atoms with E-state index < -0.39 is 0 Å². The minimum Gasteiger partial charge on any atom is -0.497 e. The van der Waals surface area contributed by atoms with E-state index in [0.717, 1.165) is 16.9 Å². The molecule has 0 fully saturated rings. The van der Waals surface area contributed by atoms with E-state index in [4.69, 9.17) is 9.15 Å². The molecule has 0 unspecified atom stereocenters. The highest BCUT2D eigenvalue weighted by Crippen LogP contribution is 2.19. The van der Waals surface area contributed by atoms with Gasteiger partial charge in [-0.05, 0) is 31.5 Å². The summed E-state index contributed by atoms with van der Waals surface area (Å²) in [5, 5.41) is 3.21. The molecule has 1 N–H and O–H groups in total. The number of fused-ring (bicyclic) bond motifs is 1. The zero-order valence-corrected chi connectivity index (χ0v) is 14.3. The first-order chi connectivity index (χ1) is 12.0. The summed E-state index contributed by atoms with van der Waals surface area (Å²) in [5.74, 6) is 1.10. The van der Waals surface area contributed by atoms with Gasteiger partial charge in [0.25, 0.3) is 5.56 Å². The minimum atomic E-state index is -0.282. The van der Waals surface area contributed by atoms with Crippen molar-refractivity contribution in [3.05, 3.63) is 57.8 Å². The van der Waals surface area contributed by atoms with Crippen molar-refractivity contribution in [3.8, 4) is 5.75 Å². The average Bonchev–Trinajstić information content (AvgIpc) is 2.91. The van der Waals surface area contributed by atoms with E-state index in [1.165, 1.54) is 10.9 Å². The van der Waals surface area contributed by atoms with Gasteiger partial charge in [-0.1, -0.05) is 12.1 Å². The van der Waals surface area contributed by atoms with E-state index in [1.807, 2.05) is 24.3 Å². The number of carbonyl (C=O) groups is 1. The molecular formula is C18H19N3O4. The Morgan fingerprint density at radius 2 is 2.16 bits per heavy atom. The van der Waals surface area contributed by atoms with Gasteiger partial charge in [0.1, 0.15) is 29.8 Å². The molecule has 0 saturated carbocycles. The van der Waals surface area contributed by atoms with Crippen molar-refractivity contribution in [2.24, 2.45) is 0 Å². The molecule has 0 aliphatic heterocycles. The fourth-order valence-corrected chi connectivity index (χ4v) is 2.58. The Morgan fingerprint density at radius 3 is 2.92 bits per heavy atom. The Bertz CT molecular complexity index is 988. The third-order valence-electron chi connectivity index (χ3n) is 4.09. The van der Waals surface area contributed by atoms with E-state index in [2.05, 4.69) is 10.3 Å². The molecule has 7 heteroatoms. The third kappa shape index (κ3) is 3.40. The van der Waals surface area contributed by atoms with Crippen molar-refractivity contribution >= 4 is 17.0 Å². The molecule has 0 spiro atoms. The van der Waals surface area contributed by atoms with Crippen LogP contribution in [0, 0.1) is 13.8 Å². The van der Waals surface area contributed by atoms with Gasteiger partial charge in [-0.3, -0.25) is 14.2 Å². The Morgan fingerprint density at radius 1 is 1.36 bits per heavy atom. The van der Waals surface area contributed by atoms with Crippen LogP contribution in [0.3, 0.4) is 0 Å². The maximum atomic E-state index is 12.5. The molecule has 0 aliphatic rings. The summed E-state index contributed by atoms with van der Waals surface area (Å²) < 4.78 is 11.9. The number of benzene rings is 1. The first kappa shape index (κ1) is 16.8. The Labute approximate surface area is 144 Å². The van der Waals surface area contributed by atoms with Crippen LogP contribution in [0.25, 0.3) is 11.1 Å². The largest absolute Gasteiger partial charge is 0.497 e. The number of aryl methyl sites for hydroxylation is 2. The second-order valence-electron chi connectivity index (χ2n) is 5.77. The second kappa shape index (κ2) is 6.80. The molecule has 130 valence electrons. The summed E-state index contributed by atoms with van der Waals surface area (Å²) in [6.45, 7) is 3.83. The SMILES string of the molecule is COc1cccc(CNC(=O)Cn2cnc3oc(C)c(C)c3c2=O)c1. The smallest absolute Gasteiger partial charge is 0.265 e. The zero-order chi connectivity index (χ0) is 18.0. The van der Waals surface area contributed by atoms with Gasteiger partial charge in [-0.2, -0.15) is 0 Å². The Kier molecular flexibility index (Phi) is 4.56. The maximum absolute atomic E-state index is 12.5. The lowest BCUT2D eigenvalue weighted by molar-refractivity contribution is -0.121. The number of methoxy groups -OCH3 is 1. The lowest BCUT2D eigenvalue weighted by Gasteiger charge is -2.08. The molecule has 0 bridgehead atoms. The highest BCUT2D eigenvalue weighted by Gasteiger charge is 2.15. The molecule has 2 aromatic heterocycles. The molecule has 3 rings (SSSR count). The van der Waals surface area contributed by atoms with E-state index in [-0.39, 0.29) is 18.0 Å². The number of nitrogens with zero attached hydrogens (tertiary/aromatic N) is 2. The summed E-state index contributed by atoms with van der Waals surface area (Å²) in [7, 11) is 1.59. The van der Waals surface area contributed by atoms with Gasteiger partial charge < -0.3 is 14.5 Å². The molecular weight excluding hydrogens is 322 g/mol. The Balaban J connectivity index is 1.72. The van der Waals surface area contributed by atoms with Crippen LogP contribution in [0.4, 0.5) is 0 Å². The molecule has 0 saturated heterocycles. The molecule has 1 amide bonds. The van der Waals surface area contributed by atoms with Crippen LogP contribution in [-0.4, -0.2) is 22.6 Å². The lowest BCUT2D eigenvalue weighted by atomic mass is 10.2. The standard InChI is InChI=1S/C18H19N3O4/c1-11-12(2)25-17-16(11)18(23)21(10-20-17)9-15(22)19-8-13-5-4-6-14(7-13)24-3/h4-7,10H,8-9H2,1-3H3,(H,19,22). The summed E-state index contributed by atoms with van der Waals surface area (Å²) in [4.78, 5) is 28.8. The number of carbonyl (C=O) groups excluding carboxylic acids is 1. The fourth-order valence-electron chi connectivity index (χ4n) is 2.58. The molecule has 25 heavy (non-hydrogen) atoms. The van der Waals surface area contributed by atoms with Crippen LogP contribution < -0.4 is 15.6 Å². The van der Waals surface area contributed by atoms with Crippen LogP contribution in [0.1, 0.15) is 16.9 Å². The zero-order valence-electron chi connectivity index (χ0n) is 14.3. The molecule has 3 aromatic rings. The van der Waals surface area contributed by atoms with Gasteiger partial charge in [-0.15, -0.1) is 0 Å². The Hall–Kier alpha value is -3.09. The number of rotatable bonds is 5. The first-order valence-electron chi connectivity index (χ1n) is 7.84. The normalized spacial score (nSPS) is 10.8. The average molecular weight is 341 g/mol. The first-order valence-corrected chi connectivity index (χ1v) is 7.84. The number of aromatic nitrogens is 2. The summed E-state index contributed by atoms with van der Waals surface area (Å²) >= 11 is 0. The van der Waals surface area contributed by atoms with Crippen molar-refractivity contribution in [1.29, 1.82) is 0 Å². The number of ether oxygens (including phenoxy) is 1. The van der Waals surface area contributed by atoms with Crippen molar-refractivity contribution in [2.75, 3.05) is 7.11 Å². The van der Waals surface area contributed by atoms with Gasteiger partial charge in [0.2, 0.25) is 11.6 Å². The van der Waals surface area contributed by atoms with Gasteiger partial charge in [-0.25, -0.2) is 4.98 Å². The highest BCUT2D eigenvalue weighted by molar-refractivity contribution is 5.79. The van der Waals surface area contributed by atoms with E-state index in [1.54, 1.807) is 21.0 Å². The molecule has 2 heterocycles. The number of nitrogens with one attached hydrogen (secondary N) is 1. The fraction of sp³-hybridized carbons (Fsp3) is 0.278. The topological polar surface area (TPSA) is 86.4 Å². The van der Waals surface area contributed by atoms with Crippen LogP contribution in [-0.2, 0) is 17.9 Å². The quantitative estimate of drug-likeness (QED) is 0.766. The van der Waals surface area contributed by atoms with Crippen LogP contribution in [0.5, 0.6) is 5.75 Å². The second-order valence-corrected chi connectivity index (χ2v) is 5.77. The molecule has 7 nitrogen and oxygen atoms in total.